The van der Waals surface area contributed by atoms with Crippen LogP contribution in [0.1, 0.15) is 40.5 Å². The van der Waals surface area contributed by atoms with E-state index in [1.807, 2.05) is 12.1 Å². The number of amides is 4. The maximum Gasteiger partial charge on any atom is 0.279 e. The van der Waals surface area contributed by atoms with Crippen molar-refractivity contribution >= 4 is 34.4 Å². The second-order valence-corrected chi connectivity index (χ2v) is 7.83. The molecule has 1 atom stereocenters. The number of nitrogens with one attached hydrogen (secondary N) is 2. The molecule has 9 heteroatoms. The average Bonchev–Trinajstić information content (AvgIpc) is 2.84. The van der Waals surface area contributed by atoms with Gasteiger partial charge in [-0.25, -0.2) is 4.39 Å². The van der Waals surface area contributed by atoms with Gasteiger partial charge in [0.1, 0.15) is 11.6 Å². The standard InChI is InChI=1S/C25H22FN3O5/c1-15(34-18-12-10-17(26)11-13-18)23(31)28-27-21(30)9-4-14-29-24(32)19-7-2-5-16-6-3-8-20(22(16)19)25(29)33/h2-3,5-8,10-13,15H,4,9,14H2,1H3,(H,27,30)(H,28,31). The van der Waals surface area contributed by atoms with Crippen molar-refractivity contribution in [3.63, 3.8) is 0 Å². The first-order valence-corrected chi connectivity index (χ1v) is 10.7. The topological polar surface area (TPSA) is 105 Å². The Bertz CT molecular complexity index is 1220. The zero-order valence-corrected chi connectivity index (χ0v) is 18.3. The number of hydrogen-bond donors (Lipinski definition) is 2. The Kier molecular flexibility index (Phi) is 6.53. The third-order valence-corrected chi connectivity index (χ3v) is 5.46. The smallest absolute Gasteiger partial charge is 0.279 e. The number of hydrazine groups is 1. The monoisotopic (exact) mass is 463 g/mol. The predicted octanol–water partition coefficient (Wildman–Crippen LogP) is 2.97. The second kappa shape index (κ2) is 9.70. The fraction of sp³-hybridized carbons (Fsp3) is 0.200. The summed E-state index contributed by atoms with van der Waals surface area (Å²) in [6, 6.07) is 15.8. The third kappa shape index (κ3) is 4.73. The van der Waals surface area contributed by atoms with Crippen LogP contribution in [0.25, 0.3) is 10.8 Å². The van der Waals surface area contributed by atoms with Crippen molar-refractivity contribution in [2.24, 2.45) is 0 Å². The van der Waals surface area contributed by atoms with Crippen molar-refractivity contribution in [1.29, 1.82) is 0 Å². The van der Waals surface area contributed by atoms with E-state index in [1.54, 1.807) is 24.3 Å². The quantitative estimate of drug-likeness (QED) is 0.414. The number of hydrogen-bond acceptors (Lipinski definition) is 5. The molecule has 34 heavy (non-hydrogen) atoms. The molecule has 0 fully saturated rings. The largest absolute Gasteiger partial charge is 0.481 e. The van der Waals surface area contributed by atoms with Gasteiger partial charge in [-0.1, -0.05) is 24.3 Å². The third-order valence-electron chi connectivity index (χ3n) is 5.46. The highest BCUT2D eigenvalue weighted by Gasteiger charge is 2.32. The minimum Gasteiger partial charge on any atom is -0.481 e. The van der Waals surface area contributed by atoms with Crippen LogP contribution < -0.4 is 15.6 Å². The number of carbonyl (C=O) groups is 4. The SMILES string of the molecule is CC(Oc1ccc(F)cc1)C(=O)NNC(=O)CCCN1C(=O)c2cccc3cccc(c23)C1=O. The molecule has 4 amide bonds. The lowest BCUT2D eigenvalue weighted by Gasteiger charge is -2.27. The summed E-state index contributed by atoms with van der Waals surface area (Å²) in [7, 11) is 0. The Balaban J connectivity index is 1.26. The summed E-state index contributed by atoms with van der Waals surface area (Å²) in [5.41, 5.74) is 5.46. The molecule has 174 valence electrons. The molecule has 0 bridgehead atoms. The van der Waals surface area contributed by atoms with Crippen molar-refractivity contribution in [2.45, 2.75) is 25.9 Å². The summed E-state index contributed by atoms with van der Waals surface area (Å²) in [4.78, 5) is 51.1. The molecule has 3 aromatic rings. The van der Waals surface area contributed by atoms with Crippen LogP contribution in [0.3, 0.4) is 0 Å². The molecular weight excluding hydrogens is 441 g/mol. The number of imide groups is 1. The predicted molar refractivity (Wildman–Crippen MR) is 121 cm³/mol. The van der Waals surface area contributed by atoms with E-state index >= 15 is 0 Å². The van der Waals surface area contributed by atoms with Crippen molar-refractivity contribution in [3.8, 4) is 5.75 Å². The van der Waals surface area contributed by atoms with Crippen molar-refractivity contribution in [2.75, 3.05) is 6.54 Å². The van der Waals surface area contributed by atoms with Gasteiger partial charge in [0.15, 0.2) is 6.10 Å². The van der Waals surface area contributed by atoms with E-state index in [0.717, 1.165) is 10.3 Å². The number of benzene rings is 3. The molecular formula is C25H22FN3O5. The first-order chi connectivity index (χ1) is 16.3. The highest BCUT2D eigenvalue weighted by atomic mass is 19.1. The van der Waals surface area contributed by atoms with Crippen LogP contribution in [0.2, 0.25) is 0 Å². The van der Waals surface area contributed by atoms with E-state index in [4.69, 9.17) is 4.74 Å². The minimum absolute atomic E-state index is 0.0175. The van der Waals surface area contributed by atoms with Crippen LogP contribution in [0.15, 0.2) is 60.7 Å². The molecule has 1 unspecified atom stereocenters. The molecule has 0 saturated heterocycles. The zero-order chi connectivity index (χ0) is 24.2. The first-order valence-electron chi connectivity index (χ1n) is 10.7. The van der Waals surface area contributed by atoms with Crippen LogP contribution in [0.4, 0.5) is 4.39 Å². The van der Waals surface area contributed by atoms with Crippen LogP contribution >= 0.6 is 0 Å². The summed E-state index contributed by atoms with van der Waals surface area (Å²) >= 11 is 0. The highest BCUT2D eigenvalue weighted by molar-refractivity contribution is 6.25. The fourth-order valence-corrected chi connectivity index (χ4v) is 3.75. The highest BCUT2D eigenvalue weighted by Crippen LogP contribution is 2.30. The zero-order valence-electron chi connectivity index (χ0n) is 18.3. The molecule has 0 radical (unpaired) electrons. The number of rotatable bonds is 7. The van der Waals surface area contributed by atoms with Crippen molar-refractivity contribution in [3.05, 3.63) is 77.6 Å². The molecule has 2 N–H and O–H groups in total. The number of carbonyl (C=O) groups excluding carboxylic acids is 4. The number of halogens is 1. The Morgan fingerprint density at radius 1 is 0.941 bits per heavy atom. The van der Waals surface area contributed by atoms with E-state index in [1.165, 1.54) is 31.2 Å². The normalized spacial score (nSPS) is 13.5. The summed E-state index contributed by atoms with van der Waals surface area (Å²) < 4.78 is 18.3. The van der Waals surface area contributed by atoms with E-state index in [-0.39, 0.29) is 19.4 Å². The first kappa shape index (κ1) is 22.9. The average molecular weight is 463 g/mol. The Labute approximate surface area is 194 Å². The van der Waals surface area contributed by atoms with E-state index in [9.17, 15) is 23.6 Å². The van der Waals surface area contributed by atoms with Crippen molar-refractivity contribution in [1.82, 2.24) is 15.8 Å². The summed E-state index contributed by atoms with van der Waals surface area (Å²) in [5.74, 6) is -1.98. The minimum atomic E-state index is -0.933. The van der Waals surface area contributed by atoms with Crippen LogP contribution in [0.5, 0.6) is 5.75 Å². The van der Waals surface area contributed by atoms with Gasteiger partial charge in [0.25, 0.3) is 17.7 Å². The Morgan fingerprint density at radius 3 is 2.18 bits per heavy atom. The molecule has 0 spiro atoms. The van der Waals surface area contributed by atoms with Gasteiger partial charge in [-0.3, -0.25) is 34.9 Å². The van der Waals surface area contributed by atoms with Gasteiger partial charge in [-0.05, 0) is 55.1 Å². The summed E-state index contributed by atoms with van der Waals surface area (Å²) in [6.07, 6.45) is -0.729. The van der Waals surface area contributed by atoms with Gasteiger partial charge in [0, 0.05) is 29.5 Å². The molecule has 3 aromatic carbocycles. The van der Waals surface area contributed by atoms with Gasteiger partial charge in [-0.2, -0.15) is 0 Å². The van der Waals surface area contributed by atoms with Gasteiger partial charge < -0.3 is 4.74 Å². The lowest BCUT2D eigenvalue weighted by Crippen LogP contribution is -2.47. The molecule has 1 heterocycles. The molecule has 0 saturated carbocycles. The number of ether oxygens (including phenoxy) is 1. The second-order valence-electron chi connectivity index (χ2n) is 7.83. The fourth-order valence-electron chi connectivity index (χ4n) is 3.75. The van der Waals surface area contributed by atoms with Gasteiger partial charge >= 0.3 is 0 Å². The van der Waals surface area contributed by atoms with Crippen molar-refractivity contribution < 1.29 is 28.3 Å². The molecule has 8 nitrogen and oxygen atoms in total. The van der Waals surface area contributed by atoms with E-state index in [2.05, 4.69) is 10.9 Å². The van der Waals surface area contributed by atoms with Gasteiger partial charge in [-0.15, -0.1) is 0 Å². The Morgan fingerprint density at radius 2 is 1.56 bits per heavy atom. The molecule has 0 aromatic heterocycles. The van der Waals surface area contributed by atoms with E-state index < -0.39 is 35.5 Å². The van der Waals surface area contributed by atoms with Gasteiger partial charge in [0.2, 0.25) is 5.91 Å². The van der Waals surface area contributed by atoms with E-state index in [0.29, 0.717) is 22.3 Å². The molecule has 1 aliphatic rings. The van der Waals surface area contributed by atoms with Gasteiger partial charge in [0.05, 0.1) is 0 Å². The summed E-state index contributed by atoms with van der Waals surface area (Å²) in [6.45, 7) is 1.55. The van der Waals surface area contributed by atoms with Crippen LogP contribution in [-0.2, 0) is 9.59 Å². The molecule has 4 rings (SSSR count). The number of nitrogens with zero attached hydrogens (tertiary/aromatic N) is 1. The molecule has 0 aliphatic carbocycles. The van der Waals surface area contributed by atoms with Crippen LogP contribution in [0, 0.1) is 5.82 Å². The molecule has 1 aliphatic heterocycles. The maximum absolute atomic E-state index is 12.9. The Hall–Kier alpha value is -4.27. The summed E-state index contributed by atoms with van der Waals surface area (Å²) in [5, 5.41) is 1.47. The lowest BCUT2D eigenvalue weighted by atomic mass is 9.94. The maximum atomic E-state index is 12.9. The lowest BCUT2D eigenvalue weighted by molar-refractivity contribution is -0.132. The van der Waals surface area contributed by atoms with Crippen LogP contribution in [-0.4, -0.2) is 41.2 Å².